The number of hydrogen-bond donors (Lipinski definition) is 0. The van der Waals surface area contributed by atoms with Gasteiger partial charge in [-0.1, -0.05) is 37.0 Å². The Morgan fingerprint density at radius 3 is 2.19 bits per heavy atom. The van der Waals surface area contributed by atoms with E-state index in [2.05, 4.69) is 0 Å². The predicted molar refractivity (Wildman–Crippen MR) is 86.4 cm³/mol. The number of benzene rings is 1. The third kappa shape index (κ3) is 4.06. The van der Waals surface area contributed by atoms with E-state index in [0.29, 0.717) is 0 Å². The van der Waals surface area contributed by atoms with Crippen molar-refractivity contribution < 1.29 is 35.9 Å². The Bertz CT molecular complexity index is 784. The Labute approximate surface area is 161 Å². The van der Waals surface area contributed by atoms with Gasteiger partial charge in [0, 0.05) is 5.56 Å². The molecule has 0 aliphatic heterocycles. The minimum Gasteiger partial charge on any atom is -0.460 e. The first-order valence-electron chi connectivity index (χ1n) is 7.63. The van der Waals surface area contributed by atoms with Crippen molar-refractivity contribution in [3.8, 4) is 0 Å². The number of carbonyl (C=O) groups is 1. The number of halogens is 8. The van der Waals surface area contributed by atoms with Crippen LogP contribution in [0.3, 0.4) is 0 Å². The van der Waals surface area contributed by atoms with Gasteiger partial charge in [0.15, 0.2) is 11.6 Å². The topological polar surface area (TPSA) is 26.3 Å². The summed E-state index contributed by atoms with van der Waals surface area (Å²) in [5.74, 6) is -8.09. The first-order valence-corrected chi connectivity index (χ1v) is 8.39. The van der Waals surface area contributed by atoms with Gasteiger partial charge in [0.1, 0.15) is 22.5 Å². The van der Waals surface area contributed by atoms with Crippen LogP contribution in [0.15, 0.2) is 10.6 Å². The second-order valence-electron chi connectivity index (χ2n) is 6.81. The van der Waals surface area contributed by atoms with E-state index in [-0.39, 0.29) is 10.4 Å². The van der Waals surface area contributed by atoms with Crippen LogP contribution >= 0.6 is 23.2 Å². The van der Waals surface area contributed by atoms with Gasteiger partial charge in [-0.05, 0) is 29.9 Å². The molecule has 27 heavy (non-hydrogen) atoms. The molecule has 0 amide bonds. The largest absolute Gasteiger partial charge is 0.460 e. The van der Waals surface area contributed by atoms with Crippen LogP contribution in [0.2, 0.25) is 0 Å². The van der Waals surface area contributed by atoms with Gasteiger partial charge in [0.05, 0.1) is 5.92 Å². The van der Waals surface area contributed by atoms with Crippen LogP contribution in [0.5, 0.6) is 0 Å². The number of carbonyl (C=O) groups excluding carboxylic acids is 1. The average Bonchev–Trinajstić information content (AvgIpc) is 3.03. The molecule has 2 atom stereocenters. The molecule has 10 heteroatoms. The molecule has 0 unspecified atom stereocenters. The quantitative estimate of drug-likeness (QED) is 0.326. The number of allylic oxidation sites excluding steroid dienone is 1. The summed E-state index contributed by atoms with van der Waals surface area (Å²) >= 11 is 11.1. The van der Waals surface area contributed by atoms with E-state index in [1.165, 1.54) is 6.08 Å². The van der Waals surface area contributed by atoms with Crippen LogP contribution < -0.4 is 0 Å². The molecule has 1 aliphatic rings. The zero-order chi connectivity index (χ0) is 20.9. The van der Waals surface area contributed by atoms with Crippen LogP contribution in [0.25, 0.3) is 0 Å². The summed E-state index contributed by atoms with van der Waals surface area (Å²) in [6, 6.07) is 0. The first-order chi connectivity index (χ1) is 12.2. The molecule has 0 heterocycles. The monoisotopic (exact) mass is 434 g/mol. The van der Waals surface area contributed by atoms with Gasteiger partial charge < -0.3 is 4.74 Å². The summed E-state index contributed by atoms with van der Waals surface area (Å²) in [6.45, 7) is 3.37. The third-order valence-corrected chi connectivity index (χ3v) is 5.04. The van der Waals surface area contributed by atoms with Crippen molar-refractivity contribution in [1.29, 1.82) is 0 Å². The highest BCUT2D eigenvalue weighted by Crippen LogP contribution is 2.60. The molecule has 1 aromatic rings. The number of hydrogen-bond acceptors (Lipinski definition) is 2. The maximum Gasteiger partial charge on any atom is 0.422 e. The molecule has 2 rings (SSSR count). The van der Waals surface area contributed by atoms with E-state index in [1.807, 2.05) is 0 Å². The molecule has 1 fully saturated rings. The Morgan fingerprint density at radius 1 is 1.15 bits per heavy atom. The fourth-order valence-corrected chi connectivity index (χ4v) is 3.32. The molecule has 0 N–H and O–H groups in total. The van der Waals surface area contributed by atoms with Gasteiger partial charge in [-0.15, -0.1) is 0 Å². The van der Waals surface area contributed by atoms with Crippen LogP contribution in [0.4, 0.5) is 26.3 Å². The molecule has 0 bridgehead atoms. The highest BCUT2D eigenvalue weighted by Gasteiger charge is 2.61. The smallest absolute Gasteiger partial charge is 0.422 e. The Kier molecular flexibility index (Phi) is 5.84. The predicted octanol–water partition coefficient (Wildman–Crippen LogP) is 6.07. The zero-order valence-corrected chi connectivity index (χ0v) is 15.8. The molecule has 1 aromatic carbocycles. The summed E-state index contributed by atoms with van der Waals surface area (Å²) in [7, 11) is 0. The molecule has 0 saturated heterocycles. The van der Waals surface area contributed by atoms with Crippen molar-refractivity contribution in [2.75, 3.05) is 0 Å². The van der Waals surface area contributed by atoms with Gasteiger partial charge in [-0.25, -0.2) is 13.2 Å². The lowest BCUT2D eigenvalue weighted by molar-refractivity contribution is -0.148. The third-order valence-electron chi connectivity index (χ3n) is 4.79. The van der Waals surface area contributed by atoms with Crippen LogP contribution in [-0.4, -0.2) is 5.97 Å². The standard InChI is InChI=1S/C17H14Cl2F6O2/c1-6-7(13(21)14(22)11(12(6)20)17(23,24)25)5-27-15(26)10-8(4-9(18)19)16(10,2)3/h4,8,10H,5H2,1-3H3/t8-,10+/m1/s1. The minimum atomic E-state index is -5.41. The second-order valence-corrected chi connectivity index (χ2v) is 7.81. The average molecular weight is 435 g/mol. The van der Waals surface area contributed by atoms with Crippen molar-refractivity contribution in [3.63, 3.8) is 0 Å². The Hall–Kier alpha value is -1.41. The number of ether oxygens (including phenoxy) is 1. The SMILES string of the molecule is Cc1c(F)c(C(F)(F)F)c(F)c(F)c1COC(=O)[C@@H]1[C@@H](C=C(Cl)Cl)C1(C)C. The van der Waals surface area contributed by atoms with E-state index in [4.69, 9.17) is 27.9 Å². The normalized spacial score (nSPS) is 21.0. The van der Waals surface area contributed by atoms with E-state index < -0.39 is 64.2 Å². The summed E-state index contributed by atoms with van der Waals surface area (Å²) in [6.07, 6.45) is -3.98. The van der Waals surface area contributed by atoms with E-state index in [0.717, 1.165) is 6.92 Å². The number of alkyl halides is 3. The van der Waals surface area contributed by atoms with Gasteiger partial charge >= 0.3 is 12.1 Å². The maximum atomic E-state index is 14.0. The van der Waals surface area contributed by atoms with Crippen molar-refractivity contribution in [1.82, 2.24) is 0 Å². The van der Waals surface area contributed by atoms with E-state index in [9.17, 15) is 31.1 Å². The molecule has 0 aromatic heterocycles. The fourth-order valence-electron chi connectivity index (χ4n) is 3.05. The van der Waals surface area contributed by atoms with Crippen molar-refractivity contribution >= 4 is 29.2 Å². The second kappa shape index (κ2) is 7.20. The van der Waals surface area contributed by atoms with Crippen molar-refractivity contribution in [2.24, 2.45) is 17.3 Å². The molecule has 0 spiro atoms. The molecule has 2 nitrogen and oxygen atoms in total. The van der Waals surface area contributed by atoms with Gasteiger partial charge in [-0.2, -0.15) is 13.2 Å². The van der Waals surface area contributed by atoms with Gasteiger partial charge in [0.25, 0.3) is 0 Å². The van der Waals surface area contributed by atoms with Crippen LogP contribution in [0, 0.1) is 41.6 Å². The summed E-state index contributed by atoms with van der Waals surface area (Å²) < 4.78 is 84.6. The Morgan fingerprint density at radius 2 is 1.70 bits per heavy atom. The molecular weight excluding hydrogens is 421 g/mol. The lowest BCUT2D eigenvalue weighted by Crippen LogP contribution is -2.18. The van der Waals surface area contributed by atoms with Crippen molar-refractivity contribution in [3.05, 3.63) is 44.7 Å². The van der Waals surface area contributed by atoms with Gasteiger partial charge in [-0.3, -0.25) is 4.79 Å². The number of esters is 1. The highest BCUT2D eigenvalue weighted by molar-refractivity contribution is 6.55. The van der Waals surface area contributed by atoms with Gasteiger partial charge in [0.2, 0.25) is 0 Å². The number of rotatable bonds is 4. The maximum absolute atomic E-state index is 14.0. The fraction of sp³-hybridized carbons (Fsp3) is 0.471. The molecule has 1 aliphatic carbocycles. The lowest BCUT2D eigenvalue weighted by Gasteiger charge is -2.16. The molecule has 150 valence electrons. The molecular formula is C17H14Cl2F6O2. The van der Waals surface area contributed by atoms with E-state index in [1.54, 1.807) is 13.8 Å². The molecule has 0 radical (unpaired) electrons. The highest BCUT2D eigenvalue weighted by atomic mass is 35.5. The zero-order valence-electron chi connectivity index (χ0n) is 14.3. The summed E-state index contributed by atoms with van der Waals surface area (Å²) in [4.78, 5) is 12.2. The summed E-state index contributed by atoms with van der Waals surface area (Å²) in [5.41, 5.74) is -4.47. The lowest BCUT2D eigenvalue weighted by atomic mass is 10.0. The van der Waals surface area contributed by atoms with E-state index >= 15 is 0 Å². The molecule has 1 saturated carbocycles. The Balaban J connectivity index is 2.25. The van der Waals surface area contributed by atoms with Crippen molar-refractivity contribution in [2.45, 2.75) is 33.6 Å². The van der Waals surface area contributed by atoms with Crippen LogP contribution in [0.1, 0.15) is 30.5 Å². The summed E-state index contributed by atoms with van der Waals surface area (Å²) in [5, 5.41) is 0. The minimum absolute atomic E-state index is 0.0582. The first kappa shape index (κ1) is 21.9. The van der Waals surface area contributed by atoms with Crippen LogP contribution in [-0.2, 0) is 22.3 Å².